The second kappa shape index (κ2) is 5.90. The van der Waals surface area contributed by atoms with E-state index in [0.29, 0.717) is 10.7 Å². The Labute approximate surface area is 124 Å². The average Bonchev–Trinajstić information content (AvgIpc) is 2.38. The van der Waals surface area contributed by atoms with E-state index in [1.54, 1.807) is 24.3 Å². The maximum Gasteiger partial charge on any atom is 0.270 e. The van der Waals surface area contributed by atoms with Gasteiger partial charge in [0, 0.05) is 22.8 Å². The number of nitrogens with zero attached hydrogens (tertiary/aromatic N) is 1. The highest BCUT2D eigenvalue weighted by Crippen LogP contribution is 2.24. The van der Waals surface area contributed by atoms with E-state index < -0.39 is 10.8 Å². The maximum absolute atomic E-state index is 12.0. The number of halogens is 2. The predicted molar refractivity (Wildman–Crippen MR) is 77.5 cm³/mol. The molecule has 0 atom stereocenters. The van der Waals surface area contributed by atoms with Gasteiger partial charge in [-0.3, -0.25) is 14.9 Å². The van der Waals surface area contributed by atoms with Crippen LogP contribution < -0.4 is 5.32 Å². The number of non-ortho nitro benzene ring substituents is 1. The molecule has 0 aliphatic heterocycles. The molecule has 0 spiro atoms. The number of nitro groups is 1. The van der Waals surface area contributed by atoms with Gasteiger partial charge in [-0.1, -0.05) is 29.3 Å². The zero-order valence-electron chi connectivity index (χ0n) is 9.97. The van der Waals surface area contributed by atoms with Crippen LogP contribution in [0.4, 0.5) is 11.4 Å². The third kappa shape index (κ3) is 3.26. The fourth-order valence-corrected chi connectivity index (χ4v) is 2.02. The Bertz CT molecular complexity index is 689. The summed E-state index contributed by atoms with van der Waals surface area (Å²) in [7, 11) is 0. The fourth-order valence-electron chi connectivity index (χ4n) is 1.57. The summed E-state index contributed by atoms with van der Waals surface area (Å²) in [4.78, 5) is 22.0. The Morgan fingerprint density at radius 1 is 1.15 bits per heavy atom. The first kappa shape index (κ1) is 14.3. The molecular weight excluding hydrogens is 303 g/mol. The van der Waals surface area contributed by atoms with E-state index in [1.165, 1.54) is 12.1 Å². The van der Waals surface area contributed by atoms with Crippen LogP contribution in [-0.4, -0.2) is 10.8 Å². The lowest BCUT2D eigenvalue weighted by molar-refractivity contribution is -0.384. The molecule has 0 unspecified atom stereocenters. The number of hydrogen-bond donors (Lipinski definition) is 1. The maximum atomic E-state index is 12.0. The standard InChI is InChI=1S/C13H8Cl2N2O3/c14-8-2-1-3-9(6-8)16-13(18)11-5-4-10(17(19)20)7-12(11)15/h1-7H,(H,16,18). The van der Waals surface area contributed by atoms with Gasteiger partial charge in [0.2, 0.25) is 0 Å². The minimum atomic E-state index is -0.579. The van der Waals surface area contributed by atoms with Crippen LogP contribution in [0.5, 0.6) is 0 Å². The number of amides is 1. The van der Waals surface area contributed by atoms with Crippen LogP contribution in [0, 0.1) is 10.1 Å². The van der Waals surface area contributed by atoms with Crippen molar-refractivity contribution < 1.29 is 9.72 Å². The lowest BCUT2D eigenvalue weighted by Gasteiger charge is -2.07. The van der Waals surface area contributed by atoms with Crippen molar-refractivity contribution in [1.82, 2.24) is 0 Å². The molecule has 0 fully saturated rings. The summed E-state index contributed by atoms with van der Waals surface area (Å²) in [5.41, 5.74) is 0.489. The summed E-state index contributed by atoms with van der Waals surface area (Å²) in [6, 6.07) is 10.3. The Kier molecular flexibility index (Phi) is 4.22. The summed E-state index contributed by atoms with van der Waals surface area (Å²) >= 11 is 11.7. The summed E-state index contributed by atoms with van der Waals surface area (Å²) < 4.78 is 0. The van der Waals surface area contributed by atoms with Crippen molar-refractivity contribution in [3.63, 3.8) is 0 Å². The first-order chi connectivity index (χ1) is 9.47. The van der Waals surface area contributed by atoms with Crippen LogP contribution in [0.2, 0.25) is 10.0 Å². The smallest absolute Gasteiger partial charge is 0.270 e. The monoisotopic (exact) mass is 310 g/mol. The van der Waals surface area contributed by atoms with Crippen LogP contribution in [0.3, 0.4) is 0 Å². The third-order valence-electron chi connectivity index (χ3n) is 2.49. The third-order valence-corrected chi connectivity index (χ3v) is 3.04. The van der Waals surface area contributed by atoms with Gasteiger partial charge in [-0.05, 0) is 24.3 Å². The van der Waals surface area contributed by atoms with Gasteiger partial charge in [0.15, 0.2) is 0 Å². The number of rotatable bonds is 3. The van der Waals surface area contributed by atoms with E-state index >= 15 is 0 Å². The lowest BCUT2D eigenvalue weighted by Crippen LogP contribution is -2.12. The van der Waals surface area contributed by atoms with Gasteiger partial charge >= 0.3 is 0 Å². The molecule has 1 N–H and O–H groups in total. The number of nitro benzene ring substituents is 1. The number of carbonyl (C=O) groups is 1. The Balaban J connectivity index is 2.23. The molecule has 20 heavy (non-hydrogen) atoms. The van der Waals surface area contributed by atoms with Gasteiger partial charge in [-0.2, -0.15) is 0 Å². The summed E-state index contributed by atoms with van der Waals surface area (Å²) in [5.74, 6) is -0.466. The zero-order valence-corrected chi connectivity index (χ0v) is 11.5. The minimum absolute atomic E-state index is 0.0127. The van der Waals surface area contributed by atoms with E-state index in [-0.39, 0.29) is 16.3 Å². The number of nitrogens with one attached hydrogen (secondary N) is 1. The number of carbonyl (C=O) groups excluding carboxylic acids is 1. The molecule has 2 rings (SSSR count). The van der Waals surface area contributed by atoms with E-state index in [0.717, 1.165) is 6.07 Å². The quantitative estimate of drug-likeness (QED) is 0.683. The molecule has 0 saturated carbocycles. The Morgan fingerprint density at radius 2 is 1.90 bits per heavy atom. The van der Waals surface area contributed by atoms with Gasteiger partial charge in [0.05, 0.1) is 15.5 Å². The highest BCUT2D eigenvalue weighted by Gasteiger charge is 2.15. The van der Waals surface area contributed by atoms with Gasteiger partial charge in [-0.25, -0.2) is 0 Å². The van der Waals surface area contributed by atoms with E-state index in [4.69, 9.17) is 23.2 Å². The molecule has 2 aromatic rings. The largest absolute Gasteiger partial charge is 0.322 e. The molecule has 0 aliphatic rings. The Morgan fingerprint density at radius 3 is 2.50 bits per heavy atom. The number of benzene rings is 2. The molecule has 5 nitrogen and oxygen atoms in total. The summed E-state index contributed by atoms with van der Waals surface area (Å²) in [5, 5.41) is 13.7. The van der Waals surface area contributed by atoms with E-state index in [1.807, 2.05) is 0 Å². The molecule has 0 saturated heterocycles. The van der Waals surface area contributed by atoms with Crippen molar-refractivity contribution in [3.8, 4) is 0 Å². The van der Waals surface area contributed by atoms with Crippen molar-refractivity contribution in [2.45, 2.75) is 0 Å². The molecule has 0 aromatic heterocycles. The van der Waals surface area contributed by atoms with Crippen molar-refractivity contribution >= 4 is 40.5 Å². The van der Waals surface area contributed by atoms with Gasteiger partial charge < -0.3 is 5.32 Å². The molecule has 0 heterocycles. The first-order valence-corrected chi connectivity index (χ1v) is 6.24. The van der Waals surface area contributed by atoms with Crippen molar-refractivity contribution in [1.29, 1.82) is 0 Å². The van der Waals surface area contributed by atoms with Crippen LogP contribution in [0.15, 0.2) is 42.5 Å². The van der Waals surface area contributed by atoms with Gasteiger partial charge in [-0.15, -0.1) is 0 Å². The van der Waals surface area contributed by atoms with Crippen molar-refractivity contribution in [2.24, 2.45) is 0 Å². The zero-order chi connectivity index (χ0) is 14.7. The molecule has 0 radical (unpaired) electrons. The predicted octanol–water partition coefficient (Wildman–Crippen LogP) is 4.15. The molecule has 0 aliphatic carbocycles. The SMILES string of the molecule is O=C(Nc1cccc(Cl)c1)c1ccc([N+](=O)[O-])cc1Cl. The highest BCUT2D eigenvalue weighted by atomic mass is 35.5. The van der Waals surface area contributed by atoms with Crippen molar-refractivity contribution in [3.05, 3.63) is 68.2 Å². The van der Waals surface area contributed by atoms with Crippen LogP contribution in [-0.2, 0) is 0 Å². The normalized spacial score (nSPS) is 10.1. The van der Waals surface area contributed by atoms with Gasteiger partial charge in [0.1, 0.15) is 0 Å². The molecular formula is C13H8Cl2N2O3. The first-order valence-electron chi connectivity index (χ1n) is 5.48. The molecule has 7 heteroatoms. The number of anilines is 1. The summed E-state index contributed by atoms with van der Waals surface area (Å²) in [6.45, 7) is 0. The molecule has 0 bridgehead atoms. The van der Waals surface area contributed by atoms with Gasteiger partial charge in [0.25, 0.3) is 11.6 Å². The highest BCUT2D eigenvalue weighted by molar-refractivity contribution is 6.34. The van der Waals surface area contributed by atoms with E-state index in [2.05, 4.69) is 5.32 Å². The molecule has 2 aromatic carbocycles. The number of hydrogen-bond acceptors (Lipinski definition) is 3. The average molecular weight is 311 g/mol. The second-order valence-corrected chi connectivity index (χ2v) is 4.73. The second-order valence-electron chi connectivity index (χ2n) is 3.89. The van der Waals surface area contributed by atoms with E-state index in [9.17, 15) is 14.9 Å². The lowest BCUT2D eigenvalue weighted by atomic mass is 10.2. The van der Waals surface area contributed by atoms with Crippen LogP contribution >= 0.6 is 23.2 Å². The van der Waals surface area contributed by atoms with Crippen LogP contribution in [0.1, 0.15) is 10.4 Å². The Hall–Kier alpha value is -2.11. The van der Waals surface area contributed by atoms with Crippen molar-refractivity contribution in [2.75, 3.05) is 5.32 Å². The minimum Gasteiger partial charge on any atom is -0.322 e. The molecule has 1 amide bonds. The molecule has 102 valence electrons. The topological polar surface area (TPSA) is 72.2 Å². The summed E-state index contributed by atoms with van der Waals surface area (Å²) in [6.07, 6.45) is 0. The van der Waals surface area contributed by atoms with Crippen LogP contribution in [0.25, 0.3) is 0 Å². The fraction of sp³-hybridized carbons (Fsp3) is 0.